The SMILES string of the molecule is CCCC(=O)C1=C(NC2CCCCC2)CCC1. The minimum Gasteiger partial charge on any atom is -0.385 e. The molecule has 0 spiro atoms. The predicted molar refractivity (Wildman–Crippen MR) is 70.8 cm³/mol. The molecule has 0 aromatic carbocycles. The molecular formula is C15H25NO. The molecule has 1 N–H and O–H groups in total. The topological polar surface area (TPSA) is 29.1 Å². The van der Waals surface area contributed by atoms with Crippen LogP contribution in [0.25, 0.3) is 0 Å². The molecule has 0 saturated heterocycles. The number of carbonyl (C=O) groups excluding carboxylic acids is 1. The maximum absolute atomic E-state index is 12.0. The standard InChI is InChI=1S/C15H25NO/c1-2-7-15(17)13-10-6-11-14(13)16-12-8-4-3-5-9-12/h12,16H,2-11H2,1H3. The fourth-order valence-corrected chi connectivity index (χ4v) is 3.08. The molecule has 2 aliphatic rings. The number of ketones is 1. The number of Topliss-reactive ketones (excluding diaryl/α,β-unsaturated/α-hetero) is 1. The Hall–Kier alpha value is -0.790. The summed E-state index contributed by atoms with van der Waals surface area (Å²) >= 11 is 0. The average molecular weight is 235 g/mol. The molecule has 2 heteroatoms. The van der Waals surface area contributed by atoms with Crippen LogP contribution in [0.2, 0.25) is 0 Å². The Morgan fingerprint density at radius 2 is 1.94 bits per heavy atom. The molecule has 17 heavy (non-hydrogen) atoms. The van der Waals surface area contributed by atoms with Crippen LogP contribution in [-0.2, 0) is 4.79 Å². The van der Waals surface area contributed by atoms with E-state index in [2.05, 4.69) is 12.2 Å². The van der Waals surface area contributed by atoms with Crippen molar-refractivity contribution in [2.45, 2.75) is 77.2 Å². The van der Waals surface area contributed by atoms with Gasteiger partial charge in [0.2, 0.25) is 0 Å². The second-order valence-electron chi connectivity index (χ2n) is 5.46. The molecule has 0 atom stereocenters. The van der Waals surface area contributed by atoms with Gasteiger partial charge in [-0.3, -0.25) is 4.79 Å². The van der Waals surface area contributed by atoms with Gasteiger partial charge >= 0.3 is 0 Å². The summed E-state index contributed by atoms with van der Waals surface area (Å²) in [5.41, 5.74) is 2.41. The van der Waals surface area contributed by atoms with Gasteiger partial charge in [0.15, 0.2) is 5.78 Å². The van der Waals surface area contributed by atoms with Crippen molar-refractivity contribution in [1.29, 1.82) is 0 Å². The second-order valence-corrected chi connectivity index (χ2v) is 5.46. The number of rotatable bonds is 5. The molecule has 0 aromatic rings. The van der Waals surface area contributed by atoms with Crippen molar-refractivity contribution in [2.24, 2.45) is 0 Å². The summed E-state index contributed by atoms with van der Waals surface area (Å²) in [5.74, 6) is 0.392. The van der Waals surface area contributed by atoms with Gasteiger partial charge in [-0.05, 0) is 38.5 Å². The molecule has 0 amide bonds. The van der Waals surface area contributed by atoms with Gasteiger partial charge in [-0.1, -0.05) is 26.2 Å². The summed E-state index contributed by atoms with van der Waals surface area (Å²) in [4.78, 5) is 12.0. The van der Waals surface area contributed by atoms with Crippen LogP contribution >= 0.6 is 0 Å². The maximum Gasteiger partial charge on any atom is 0.160 e. The van der Waals surface area contributed by atoms with Crippen LogP contribution in [0, 0.1) is 0 Å². The van der Waals surface area contributed by atoms with Gasteiger partial charge in [0.1, 0.15) is 0 Å². The van der Waals surface area contributed by atoms with Gasteiger partial charge < -0.3 is 5.32 Å². The maximum atomic E-state index is 12.0. The first-order valence-electron chi connectivity index (χ1n) is 7.33. The van der Waals surface area contributed by atoms with Crippen LogP contribution in [0.3, 0.4) is 0 Å². The molecule has 0 aliphatic heterocycles. The lowest BCUT2D eigenvalue weighted by Crippen LogP contribution is -2.31. The second kappa shape index (κ2) is 6.23. The number of carbonyl (C=O) groups is 1. The Morgan fingerprint density at radius 3 is 2.65 bits per heavy atom. The molecule has 2 nitrogen and oxygen atoms in total. The highest BCUT2D eigenvalue weighted by atomic mass is 16.1. The summed E-state index contributed by atoms with van der Waals surface area (Å²) in [6.45, 7) is 2.08. The lowest BCUT2D eigenvalue weighted by Gasteiger charge is -2.25. The van der Waals surface area contributed by atoms with Crippen molar-refractivity contribution in [3.63, 3.8) is 0 Å². The summed E-state index contributed by atoms with van der Waals surface area (Å²) in [7, 11) is 0. The normalized spacial score (nSPS) is 21.9. The van der Waals surface area contributed by atoms with Crippen molar-refractivity contribution in [3.05, 3.63) is 11.3 Å². The summed E-state index contributed by atoms with van der Waals surface area (Å²) in [6.07, 6.45) is 11.6. The van der Waals surface area contributed by atoms with Crippen molar-refractivity contribution in [3.8, 4) is 0 Å². The molecule has 1 fully saturated rings. The fourth-order valence-electron chi connectivity index (χ4n) is 3.08. The van der Waals surface area contributed by atoms with Gasteiger partial charge in [-0.25, -0.2) is 0 Å². The Bertz CT molecular complexity index is 300. The molecule has 1 saturated carbocycles. The van der Waals surface area contributed by atoms with Crippen molar-refractivity contribution < 1.29 is 4.79 Å². The van der Waals surface area contributed by atoms with Gasteiger partial charge in [0.05, 0.1) is 0 Å². The van der Waals surface area contributed by atoms with Crippen molar-refractivity contribution in [2.75, 3.05) is 0 Å². The monoisotopic (exact) mass is 235 g/mol. The fraction of sp³-hybridized carbons (Fsp3) is 0.800. The largest absolute Gasteiger partial charge is 0.385 e. The van der Waals surface area contributed by atoms with Gasteiger partial charge in [-0.2, -0.15) is 0 Å². The lowest BCUT2D eigenvalue weighted by molar-refractivity contribution is -0.115. The zero-order valence-corrected chi connectivity index (χ0v) is 11.1. The molecule has 0 radical (unpaired) electrons. The third kappa shape index (κ3) is 3.34. The third-order valence-corrected chi connectivity index (χ3v) is 4.02. The molecular weight excluding hydrogens is 210 g/mol. The lowest BCUT2D eigenvalue weighted by atomic mass is 9.95. The Morgan fingerprint density at radius 1 is 1.18 bits per heavy atom. The van der Waals surface area contributed by atoms with E-state index in [0.717, 1.165) is 31.3 Å². The highest BCUT2D eigenvalue weighted by Crippen LogP contribution is 2.28. The number of hydrogen-bond donors (Lipinski definition) is 1. The van der Waals surface area contributed by atoms with E-state index in [-0.39, 0.29) is 0 Å². The smallest absolute Gasteiger partial charge is 0.160 e. The van der Waals surface area contributed by atoms with E-state index in [1.54, 1.807) is 0 Å². The van der Waals surface area contributed by atoms with E-state index in [0.29, 0.717) is 11.8 Å². The van der Waals surface area contributed by atoms with E-state index >= 15 is 0 Å². The van der Waals surface area contributed by atoms with Crippen molar-refractivity contribution in [1.82, 2.24) is 5.32 Å². The van der Waals surface area contributed by atoms with Gasteiger partial charge in [0, 0.05) is 23.7 Å². The van der Waals surface area contributed by atoms with E-state index in [9.17, 15) is 4.79 Å². The average Bonchev–Trinajstić information content (AvgIpc) is 2.79. The Balaban J connectivity index is 1.96. The zero-order chi connectivity index (χ0) is 12.1. The summed E-state index contributed by atoms with van der Waals surface area (Å²) in [5, 5.41) is 3.67. The molecule has 0 aromatic heterocycles. The Kier molecular flexibility index (Phi) is 4.64. The Labute approximate surface area is 105 Å². The number of hydrogen-bond acceptors (Lipinski definition) is 2. The highest BCUT2D eigenvalue weighted by molar-refractivity contribution is 5.96. The third-order valence-electron chi connectivity index (χ3n) is 4.02. The van der Waals surface area contributed by atoms with Crippen LogP contribution in [0.5, 0.6) is 0 Å². The van der Waals surface area contributed by atoms with Crippen LogP contribution in [-0.4, -0.2) is 11.8 Å². The minimum absolute atomic E-state index is 0.392. The van der Waals surface area contributed by atoms with E-state index in [1.165, 1.54) is 44.2 Å². The van der Waals surface area contributed by atoms with E-state index in [1.807, 2.05) is 0 Å². The number of allylic oxidation sites excluding steroid dienone is 2. The number of nitrogens with one attached hydrogen (secondary N) is 1. The molecule has 2 rings (SSSR count). The quantitative estimate of drug-likeness (QED) is 0.787. The van der Waals surface area contributed by atoms with Crippen LogP contribution < -0.4 is 5.32 Å². The predicted octanol–water partition coefficient (Wildman–Crippen LogP) is 3.72. The molecule has 0 bridgehead atoms. The summed E-state index contributed by atoms with van der Waals surface area (Å²) in [6, 6.07) is 0.640. The summed E-state index contributed by atoms with van der Waals surface area (Å²) < 4.78 is 0. The van der Waals surface area contributed by atoms with Gasteiger partial charge in [-0.15, -0.1) is 0 Å². The zero-order valence-electron chi connectivity index (χ0n) is 11.1. The van der Waals surface area contributed by atoms with Gasteiger partial charge in [0.25, 0.3) is 0 Å². The molecule has 2 aliphatic carbocycles. The van der Waals surface area contributed by atoms with Crippen LogP contribution in [0.1, 0.15) is 71.1 Å². The minimum atomic E-state index is 0.392. The van der Waals surface area contributed by atoms with Crippen LogP contribution in [0.15, 0.2) is 11.3 Å². The van der Waals surface area contributed by atoms with E-state index in [4.69, 9.17) is 0 Å². The molecule has 0 heterocycles. The first-order valence-corrected chi connectivity index (χ1v) is 7.33. The highest BCUT2D eigenvalue weighted by Gasteiger charge is 2.22. The first kappa shape index (κ1) is 12.7. The molecule has 96 valence electrons. The molecule has 0 unspecified atom stereocenters. The first-order chi connectivity index (χ1) is 8.31. The van der Waals surface area contributed by atoms with E-state index < -0.39 is 0 Å². The van der Waals surface area contributed by atoms with Crippen LogP contribution in [0.4, 0.5) is 0 Å². The van der Waals surface area contributed by atoms with Crippen molar-refractivity contribution >= 4 is 5.78 Å².